The lowest BCUT2D eigenvalue weighted by Gasteiger charge is -2.17. The van der Waals surface area contributed by atoms with E-state index in [0.29, 0.717) is 19.0 Å². The topological polar surface area (TPSA) is 58.4 Å². The van der Waals surface area contributed by atoms with Crippen LogP contribution in [0.5, 0.6) is 0 Å². The van der Waals surface area contributed by atoms with Gasteiger partial charge in [-0.05, 0) is 26.4 Å². The second-order valence-electron chi connectivity index (χ2n) is 4.66. The van der Waals surface area contributed by atoms with Crippen LogP contribution in [0.2, 0.25) is 0 Å². The van der Waals surface area contributed by atoms with Crippen molar-refractivity contribution in [3.8, 4) is 0 Å². The van der Waals surface area contributed by atoms with Gasteiger partial charge >= 0.3 is 0 Å². The van der Waals surface area contributed by atoms with Crippen molar-refractivity contribution in [2.45, 2.75) is 20.3 Å². The predicted octanol–water partition coefficient (Wildman–Crippen LogP) is 0.285. The van der Waals surface area contributed by atoms with Gasteiger partial charge in [-0.1, -0.05) is 13.8 Å². The van der Waals surface area contributed by atoms with Crippen LogP contribution >= 0.6 is 0 Å². The van der Waals surface area contributed by atoms with Crippen molar-refractivity contribution in [3.63, 3.8) is 0 Å². The first-order chi connectivity index (χ1) is 6.97. The van der Waals surface area contributed by atoms with Crippen LogP contribution in [0.25, 0.3) is 0 Å². The van der Waals surface area contributed by atoms with Crippen molar-refractivity contribution >= 4 is 5.91 Å². The van der Waals surface area contributed by atoms with Crippen molar-refractivity contribution in [2.75, 3.05) is 33.7 Å². The highest BCUT2D eigenvalue weighted by molar-refractivity contribution is 5.78. The summed E-state index contributed by atoms with van der Waals surface area (Å²) in [6, 6.07) is 0. The minimum absolute atomic E-state index is 0.0350. The van der Waals surface area contributed by atoms with E-state index in [4.69, 9.17) is 5.73 Å². The number of carbonyl (C=O) groups excluding carboxylic acids is 1. The Morgan fingerprint density at radius 3 is 2.40 bits per heavy atom. The van der Waals surface area contributed by atoms with Gasteiger partial charge in [-0.3, -0.25) is 4.79 Å². The Balaban J connectivity index is 3.83. The molecule has 4 nitrogen and oxygen atoms in total. The zero-order chi connectivity index (χ0) is 11.8. The van der Waals surface area contributed by atoms with E-state index in [0.717, 1.165) is 13.0 Å². The summed E-state index contributed by atoms with van der Waals surface area (Å²) in [6.07, 6.45) is 0.865. The van der Waals surface area contributed by atoms with Crippen molar-refractivity contribution in [1.29, 1.82) is 0 Å². The summed E-state index contributed by atoms with van der Waals surface area (Å²) in [5.41, 5.74) is 5.58. The number of nitrogens with one attached hydrogen (secondary N) is 1. The zero-order valence-corrected chi connectivity index (χ0v) is 10.4. The third-order valence-electron chi connectivity index (χ3n) is 2.27. The van der Waals surface area contributed by atoms with E-state index in [2.05, 4.69) is 19.2 Å². The van der Waals surface area contributed by atoms with Crippen LogP contribution in [0.3, 0.4) is 0 Å². The minimum atomic E-state index is -0.0350. The molecule has 0 saturated carbocycles. The van der Waals surface area contributed by atoms with E-state index in [-0.39, 0.29) is 11.8 Å². The maximum Gasteiger partial charge on any atom is 0.224 e. The number of nitrogens with two attached hydrogens (primary N) is 1. The molecular formula is C11H25N3O. The Morgan fingerprint density at radius 2 is 2.00 bits per heavy atom. The molecule has 15 heavy (non-hydrogen) atoms. The van der Waals surface area contributed by atoms with E-state index >= 15 is 0 Å². The molecule has 4 heteroatoms. The number of hydrogen-bond acceptors (Lipinski definition) is 3. The molecule has 0 radical (unpaired) electrons. The maximum atomic E-state index is 11.7. The number of rotatable bonds is 7. The number of nitrogens with zero attached hydrogens (tertiary/aromatic N) is 1. The first-order valence-electron chi connectivity index (χ1n) is 5.59. The van der Waals surface area contributed by atoms with Crippen LogP contribution in [0.15, 0.2) is 0 Å². The maximum absolute atomic E-state index is 11.7. The number of amides is 1. The van der Waals surface area contributed by atoms with Gasteiger partial charge < -0.3 is 16.0 Å². The molecule has 0 aliphatic heterocycles. The van der Waals surface area contributed by atoms with Gasteiger partial charge in [0.25, 0.3) is 0 Å². The molecule has 0 aromatic rings. The van der Waals surface area contributed by atoms with E-state index < -0.39 is 0 Å². The summed E-state index contributed by atoms with van der Waals surface area (Å²) in [4.78, 5) is 13.7. The summed E-state index contributed by atoms with van der Waals surface area (Å²) >= 11 is 0. The normalized spacial score (nSPS) is 13.3. The monoisotopic (exact) mass is 215 g/mol. The van der Waals surface area contributed by atoms with Crippen LogP contribution < -0.4 is 11.1 Å². The van der Waals surface area contributed by atoms with Gasteiger partial charge in [0, 0.05) is 19.6 Å². The molecule has 0 aliphatic rings. The second-order valence-corrected chi connectivity index (χ2v) is 4.66. The van der Waals surface area contributed by atoms with Crippen molar-refractivity contribution in [1.82, 2.24) is 10.2 Å². The average molecular weight is 215 g/mol. The Morgan fingerprint density at radius 1 is 1.40 bits per heavy atom. The molecule has 90 valence electrons. The molecule has 3 N–H and O–H groups in total. The molecule has 1 atom stereocenters. The predicted molar refractivity (Wildman–Crippen MR) is 63.6 cm³/mol. The SMILES string of the molecule is CC(C)CC(CN)C(=O)NCCN(C)C. The standard InChI is InChI=1S/C11H25N3O/c1-9(2)7-10(8-12)11(15)13-5-6-14(3)4/h9-10H,5-8,12H2,1-4H3,(H,13,15). The molecule has 0 bridgehead atoms. The van der Waals surface area contributed by atoms with Gasteiger partial charge in [0.05, 0.1) is 5.92 Å². The largest absolute Gasteiger partial charge is 0.355 e. The Labute approximate surface area is 93.2 Å². The van der Waals surface area contributed by atoms with E-state index in [1.54, 1.807) is 0 Å². The highest BCUT2D eigenvalue weighted by Gasteiger charge is 2.17. The minimum Gasteiger partial charge on any atom is -0.355 e. The molecule has 1 amide bonds. The molecule has 0 aliphatic carbocycles. The van der Waals surface area contributed by atoms with Crippen LogP contribution in [-0.2, 0) is 4.79 Å². The highest BCUT2D eigenvalue weighted by Crippen LogP contribution is 2.10. The van der Waals surface area contributed by atoms with Crippen LogP contribution in [-0.4, -0.2) is 44.5 Å². The lowest BCUT2D eigenvalue weighted by atomic mass is 9.96. The summed E-state index contributed by atoms with van der Waals surface area (Å²) in [5, 5.41) is 2.91. The Hall–Kier alpha value is -0.610. The number of carbonyl (C=O) groups is 1. The van der Waals surface area contributed by atoms with Crippen LogP contribution in [0.1, 0.15) is 20.3 Å². The fraction of sp³-hybridized carbons (Fsp3) is 0.909. The van der Waals surface area contributed by atoms with Gasteiger partial charge in [0.2, 0.25) is 5.91 Å². The first-order valence-corrected chi connectivity index (χ1v) is 5.59. The third kappa shape index (κ3) is 7.33. The smallest absolute Gasteiger partial charge is 0.224 e. The Bertz CT molecular complexity index is 181. The lowest BCUT2D eigenvalue weighted by Crippen LogP contribution is -2.38. The summed E-state index contributed by atoms with van der Waals surface area (Å²) in [6.45, 7) is 6.21. The van der Waals surface area contributed by atoms with Crippen molar-refractivity contribution < 1.29 is 4.79 Å². The first kappa shape index (κ1) is 14.4. The van der Waals surface area contributed by atoms with Gasteiger partial charge in [0.15, 0.2) is 0 Å². The van der Waals surface area contributed by atoms with E-state index in [1.165, 1.54) is 0 Å². The molecule has 0 aromatic heterocycles. The molecule has 0 saturated heterocycles. The lowest BCUT2D eigenvalue weighted by molar-refractivity contribution is -0.125. The zero-order valence-electron chi connectivity index (χ0n) is 10.4. The van der Waals surface area contributed by atoms with E-state index in [1.807, 2.05) is 19.0 Å². The molecule has 0 fully saturated rings. The number of likely N-dealkylation sites (N-methyl/N-ethyl adjacent to an activating group) is 1. The second kappa shape index (κ2) is 7.65. The van der Waals surface area contributed by atoms with Crippen LogP contribution in [0.4, 0.5) is 0 Å². The molecule has 0 aromatic carbocycles. The Kier molecular flexibility index (Phi) is 7.34. The van der Waals surface area contributed by atoms with Gasteiger partial charge in [-0.2, -0.15) is 0 Å². The fourth-order valence-corrected chi connectivity index (χ4v) is 1.43. The van der Waals surface area contributed by atoms with Gasteiger partial charge in [-0.25, -0.2) is 0 Å². The quantitative estimate of drug-likeness (QED) is 0.641. The van der Waals surface area contributed by atoms with Crippen molar-refractivity contribution in [3.05, 3.63) is 0 Å². The van der Waals surface area contributed by atoms with Crippen LogP contribution in [0, 0.1) is 11.8 Å². The molecule has 0 rings (SSSR count). The van der Waals surface area contributed by atoms with Crippen molar-refractivity contribution in [2.24, 2.45) is 17.6 Å². The number of hydrogen-bond donors (Lipinski definition) is 2. The summed E-state index contributed by atoms with van der Waals surface area (Å²) in [7, 11) is 3.97. The molecular weight excluding hydrogens is 190 g/mol. The van der Waals surface area contributed by atoms with Gasteiger partial charge in [0.1, 0.15) is 0 Å². The molecule has 1 unspecified atom stereocenters. The summed E-state index contributed by atoms with van der Waals surface area (Å²) < 4.78 is 0. The third-order valence-corrected chi connectivity index (χ3v) is 2.27. The molecule has 0 heterocycles. The fourth-order valence-electron chi connectivity index (χ4n) is 1.43. The average Bonchev–Trinajstić information content (AvgIpc) is 2.13. The van der Waals surface area contributed by atoms with E-state index in [9.17, 15) is 4.79 Å². The highest BCUT2D eigenvalue weighted by atomic mass is 16.1. The summed E-state index contributed by atoms with van der Waals surface area (Å²) in [5.74, 6) is 0.568. The molecule has 0 spiro atoms. The van der Waals surface area contributed by atoms with Gasteiger partial charge in [-0.15, -0.1) is 0 Å².